The maximum atomic E-state index is 13.9. The summed E-state index contributed by atoms with van der Waals surface area (Å²) >= 11 is 0. The number of likely N-dealkylation sites (tertiary alicyclic amines) is 2. The largest absolute Gasteiger partial charge is 0.469 e. The molecule has 2 aliphatic rings. The first-order valence-corrected chi connectivity index (χ1v) is 10.5. The maximum Gasteiger partial charge on any atom is 0.310 e. The molecule has 2 fully saturated rings. The summed E-state index contributed by atoms with van der Waals surface area (Å²) in [6.07, 6.45) is 2.17. The van der Waals surface area contributed by atoms with Gasteiger partial charge in [-0.3, -0.25) is 14.7 Å². The molecule has 1 N–H and O–H groups in total. The zero-order valence-electron chi connectivity index (χ0n) is 17.7. The van der Waals surface area contributed by atoms with Gasteiger partial charge in [0.25, 0.3) is 0 Å². The molecule has 2 heterocycles. The third-order valence-electron chi connectivity index (χ3n) is 6.24. The molecule has 1 aromatic rings. The molecule has 2 aliphatic heterocycles. The summed E-state index contributed by atoms with van der Waals surface area (Å²) in [5.74, 6) is 1.32. The second-order valence-corrected chi connectivity index (χ2v) is 8.25. The van der Waals surface area contributed by atoms with Crippen LogP contribution in [0.1, 0.15) is 25.3 Å². The van der Waals surface area contributed by atoms with Crippen molar-refractivity contribution in [3.63, 3.8) is 0 Å². The first kappa shape index (κ1) is 21.6. The fraction of sp³-hybridized carbons (Fsp3) is 0.636. The van der Waals surface area contributed by atoms with Crippen molar-refractivity contribution < 1.29 is 13.9 Å². The van der Waals surface area contributed by atoms with Gasteiger partial charge in [-0.15, -0.1) is 0 Å². The molecule has 1 aromatic carbocycles. The number of nitrogens with one attached hydrogen (secondary N) is 1. The molecule has 2 atom stereocenters. The number of piperidine rings is 1. The lowest BCUT2D eigenvalue weighted by atomic mass is 9.96. The number of benzene rings is 1. The minimum atomic E-state index is -0.141. The normalized spacial score (nSPS) is 24.0. The van der Waals surface area contributed by atoms with Crippen LogP contribution >= 0.6 is 0 Å². The Labute approximate surface area is 173 Å². The standard InChI is InChI=1S/C22H33FN4O2/c1-16-13-27(15-19(16)21(28)29-3)22(24-2)25-12-17-8-10-26(11-9-17)14-18-6-4-5-7-20(18)23/h4-7,16-17,19H,8-15H2,1-3H3,(H,24,25). The predicted octanol–water partition coefficient (Wildman–Crippen LogP) is 2.35. The number of carbonyl (C=O) groups is 1. The van der Waals surface area contributed by atoms with Gasteiger partial charge in [0, 0.05) is 38.8 Å². The third-order valence-corrected chi connectivity index (χ3v) is 6.24. The number of methoxy groups -OCH3 is 1. The Morgan fingerprint density at radius 2 is 2.00 bits per heavy atom. The molecule has 0 saturated carbocycles. The van der Waals surface area contributed by atoms with Crippen LogP contribution in [-0.4, -0.2) is 68.6 Å². The number of ether oxygens (including phenoxy) is 1. The van der Waals surface area contributed by atoms with Crippen molar-refractivity contribution in [2.24, 2.45) is 22.7 Å². The van der Waals surface area contributed by atoms with Crippen LogP contribution in [0.2, 0.25) is 0 Å². The average molecular weight is 405 g/mol. The molecule has 0 spiro atoms. The molecular weight excluding hydrogens is 371 g/mol. The molecule has 0 bridgehead atoms. The van der Waals surface area contributed by atoms with Gasteiger partial charge in [-0.05, 0) is 43.8 Å². The highest BCUT2D eigenvalue weighted by Gasteiger charge is 2.37. The van der Waals surface area contributed by atoms with Gasteiger partial charge in [-0.1, -0.05) is 25.1 Å². The Bertz CT molecular complexity index is 719. The van der Waals surface area contributed by atoms with Crippen LogP contribution in [-0.2, 0) is 16.1 Å². The Hall–Kier alpha value is -2.15. The SMILES string of the molecule is CN=C(NCC1CCN(Cc2ccccc2F)CC1)N1CC(C)C(C(=O)OC)C1. The summed E-state index contributed by atoms with van der Waals surface area (Å²) in [5.41, 5.74) is 0.771. The molecule has 160 valence electrons. The average Bonchev–Trinajstić information content (AvgIpc) is 3.12. The fourth-order valence-corrected chi connectivity index (χ4v) is 4.38. The molecule has 0 amide bonds. The topological polar surface area (TPSA) is 57.2 Å². The second kappa shape index (κ2) is 10.1. The second-order valence-electron chi connectivity index (χ2n) is 8.25. The monoisotopic (exact) mass is 404 g/mol. The van der Waals surface area contributed by atoms with Crippen LogP contribution in [0.4, 0.5) is 4.39 Å². The first-order chi connectivity index (χ1) is 14.0. The van der Waals surface area contributed by atoms with Crippen LogP contribution in [0.25, 0.3) is 0 Å². The van der Waals surface area contributed by atoms with Gasteiger partial charge in [0.15, 0.2) is 5.96 Å². The van der Waals surface area contributed by atoms with Gasteiger partial charge >= 0.3 is 5.97 Å². The van der Waals surface area contributed by atoms with Crippen molar-refractivity contribution in [3.05, 3.63) is 35.6 Å². The Morgan fingerprint density at radius 3 is 2.66 bits per heavy atom. The lowest BCUT2D eigenvalue weighted by Gasteiger charge is -2.33. The van der Waals surface area contributed by atoms with Crippen molar-refractivity contribution in [2.45, 2.75) is 26.3 Å². The van der Waals surface area contributed by atoms with Crippen molar-refractivity contribution in [1.82, 2.24) is 15.1 Å². The molecule has 0 aliphatic carbocycles. The van der Waals surface area contributed by atoms with Crippen LogP contribution in [0, 0.1) is 23.6 Å². The lowest BCUT2D eigenvalue weighted by Crippen LogP contribution is -2.44. The van der Waals surface area contributed by atoms with E-state index in [4.69, 9.17) is 4.74 Å². The number of guanidine groups is 1. The van der Waals surface area contributed by atoms with Gasteiger partial charge in [-0.25, -0.2) is 4.39 Å². The van der Waals surface area contributed by atoms with Gasteiger partial charge in [0.05, 0.1) is 13.0 Å². The van der Waals surface area contributed by atoms with Gasteiger partial charge < -0.3 is 15.0 Å². The molecule has 29 heavy (non-hydrogen) atoms. The Kier molecular flexibility index (Phi) is 7.47. The summed E-state index contributed by atoms with van der Waals surface area (Å²) in [4.78, 5) is 20.8. The van der Waals surface area contributed by atoms with Crippen LogP contribution < -0.4 is 5.32 Å². The van der Waals surface area contributed by atoms with E-state index in [-0.39, 0.29) is 23.6 Å². The molecule has 7 heteroatoms. The van der Waals surface area contributed by atoms with Gasteiger partial charge in [0.1, 0.15) is 5.82 Å². The highest BCUT2D eigenvalue weighted by molar-refractivity contribution is 5.82. The summed E-state index contributed by atoms with van der Waals surface area (Å²) in [7, 11) is 3.23. The number of hydrogen-bond acceptors (Lipinski definition) is 4. The van der Waals surface area contributed by atoms with E-state index in [0.717, 1.165) is 50.5 Å². The molecule has 6 nitrogen and oxygen atoms in total. The minimum absolute atomic E-state index is 0.0971. The minimum Gasteiger partial charge on any atom is -0.469 e. The highest BCUT2D eigenvalue weighted by Crippen LogP contribution is 2.24. The first-order valence-electron chi connectivity index (χ1n) is 10.5. The molecule has 0 radical (unpaired) electrons. The maximum absolute atomic E-state index is 13.9. The van der Waals surface area contributed by atoms with Crippen molar-refractivity contribution in [2.75, 3.05) is 46.9 Å². The number of nitrogens with zero attached hydrogens (tertiary/aromatic N) is 3. The summed E-state index contributed by atoms with van der Waals surface area (Å²) in [6, 6.07) is 7.02. The number of carbonyl (C=O) groups excluding carboxylic acids is 1. The van der Waals surface area contributed by atoms with Crippen molar-refractivity contribution in [3.8, 4) is 0 Å². The molecule has 2 saturated heterocycles. The van der Waals surface area contributed by atoms with E-state index in [0.29, 0.717) is 19.0 Å². The number of rotatable bonds is 5. The lowest BCUT2D eigenvalue weighted by molar-refractivity contribution is -0.145. The Morgan fingerprint density at radius 1 is 1.28 bits per heavy atom. The summed E-state index contributed by atoms with van der Waals surface area (Å²) in [5, 5.41) is 3.50. The van der Waals surface area contributed by atoms with E-state index in [1.165, 1.54) is 13.2 Å². The van der Waals surface area contributed by atoms with Gasteiger partial charge in [0.2, 0.25) is 0 Å². The third kappa shape index (κ3) is 5.47. The van der Waals surface area contributed by atoms with E-state index in [2.05, 4.69) is 27.0 Å². The zero-order chi connectivity index (χ0) is 20.8. The van der Waals surface area contributed by atoms with E-state index in [1.54, 1.807) is 13.1 Å². The quantitative estimate of drug-likeness (QED) is 0.464. The summed E-state index contributed by atoms with van der Waals surface area (Å²) in [6.45, 7) is 7.03. The number of esters is 1. The predicted molar refractivity (Wildman–Crippen MR) is 112 cm³/mol. The summed E-state index contributed by atoms with van der Waals surface area (Å²) < 4.78 is 18.8. The molecule has 2 unspecified atom stereocenters. The van der Waals surface area contributed by atoms with Gasteiger partial charge in [-0.2, -0.15) is 0 Å². The van der Waals surface area contributed by atoms with E-state index in [9.17, 15) is 9.18 Å². The fourth-order valence-electron chi connectivity index (χ4n) is 4.38. The number of halogens is 1. The Balaban J connectivity index is 1.43. The van der Waals surface area contributed by atoms with E-state index < -0.39 is 0 Å². The highest BCUT2D eigenvalue weighted by atomic mass is 19.1. The van der Waals surface area contributed by atoms with Crippen LogP contribution in [0.3, 0.4) is 0 Å². The molecule has 3 rings (SSSR count). The van der Waals surface area contributed by atoms with E-state index >= 15 is 0 Å². The smallest absolute Gasteiger partial charge is 0.310 e. The zero-order valence-corrected chi connectivity index (χ0v) is 17.7. The number of aliphatic imine (C=N–C) groups is 1. The molecular formula is C22H33FN4O2. The number of hydrogen-bond donors (Lipinski definition) is 1. The van der Waals surface area contributed by atoms with Crippen molar-refractivity contribution in [1.29, 1.82) is 0 Å². The van der Waals surface area contributed by atoms with Crippen molar-refractivity contribution >= 4 is 11.9 Å². The molecule has 0 aromatic heterocycles. The van der Waals surface area contributed by atoms with Crippen LogP contribution in [0.5, 0.6) is 0 Å². The van der Waals surface area contributed by atoms with E-state index in [1.807, 2.05) is 12.1 Å². The van der Waals surface area contributed by atoms with Crippen LogP contribution in [0.15, 0.2) is 29.3 Å².